The van der Waals surface area contributed by atoms with Gasteiger partial charge in [0.15, 0.2) is 11.4 Å². The van der Waals surface area contributed by atoms with Crippen LogP contribution >= 0.6 is 12.4 Å². The summed E-state index contributed by atoms with van der Waals surface area (Å²) in [5.41, 5.74) is 3.39. The van der Waals surface area contributed by atoms with Gasteiger partial charge in [-0.3, -0.25) is 9.78 Å². The summed E-state index contributed by atoms with van der Waals surface area (Å²) in [5, 5.41) is 2.91. The molecular formula is C25H27ClFN7O4. The topological polar surface area (TPSA) is 123 Å². The first kappa shape index (κ1) is 25.9. The molecule has 0 spiro atoms. The van der Waals surface area contributed by atoms with Crippen LogP contribution in [0.2, 0.25) is 0 Å². The van der Waals surface area contributed by atoms with E-state index < -0.39 is 6.17 Å². The van der Waals surface area contributed by atoms with Crippen molar-refractivity contribution in [3.05, 3.63) is 42.0 Å². The van der Waals surface area contributed by atoms with Crippen molar-refractivity contribution in [3.8, 4) is 11.5 Å². The summed E-state index contributed by atoms with van der Waals surface area (Å²) < 4.78 is 31.0. The average Bonchev–Trinajstić information content (AvgIpc) is 3.64. The van der Waals surface area contributed by atoms with Gasteiger partial charge in [0, 0.05) is 43.2 Å². The first-order valence-electron chi connectivity index (χ1n) is 12.2. The molecular weight excluding hydrogens is 517 g/mol. The molecule has 0 aromatic carbocycles. The number of anilines is 3. The number of hydrogen-bond donors (Lipinski definition) is 1. The molecule has 0 unspecified atom stereocenters. The normalized spacial score (nSPS) is 17.6. The highest BCUT2D eigenvalue weighted by Gasteiger charge is 2.27. The van der Waals surface area contributed by atoms with Crippen LogP contribution < -0.4 is 15.1 Å². The van der Waals surface area contributed by atoms with E-state index in [1.165, 1.54) is 6.26 Å². The molecule has 2 aliphatic heterocycles. The van der Waals surface area contributed by atoms with Gasteiger partial charge in [-0.1, -0.05) is 0 Å². The molecule has 4 aromatic rings. The zero-order valence-electron chi connectivity index (χ0n) is 20.7. The summed E-state index contributed by atoms with van der Waals surface area (Å²) in [7, 11) is 0. The molecule has 1 N–H and O–H groups in total. The lowest BCUT2D eigenvalue weighted by molar-refractivity contribution is -0.115. The van der Waals surface area contributed by atoms with E-state index in [0.717, 1.165) is 11.3 Å². The number of amides is 1. The minimum atomic E-state index is -0.951. The van der Waals surface area contributed by atoms with E-state index in [-0.39, 0.29) is 31.3 Å². The molecule has 0 aliphatic carbocycles. The summed E-state index contributed by atoms with van der Waals surface area (Å²) in [6.07, 6.45) is 2.59. The summed E-state index contributed by atoms with van der Waals surface area (Å²) in [6.45, 7) is 5.09. The number of rotatable bonds is 6. The first-order valence-corrected chi connectivity index (χ1v) is 12.2. The number of nitrogens with one attached hydrogen (secondary N) is 1. The molecule has 1 amide bonds. The number of ether oxygens (including phenoxy) is 1. The molecule has 38 heavy (non-hydrogen) atoms. The van der Waals surface area contributed by atoms with Crippen molar-refractivity contribution in [2.45, 2.75) is 25.9 Å². The summed E-state index contributed by atoms with van der Waals surface area (Å²) in [6, 6.07) is 5.81. The zero-order valence-corrected chi connectivity index (χ0v) is 21.5. The minimum absolute atomic E-state index is 0. The summed E-state index contributed by atoms with van der Waals surface area (Å²) >= 11 is 0. The van der Waals surface area contributed by atoms with Gasteiger partial charge in [0.1, 0.15) is 12.4 Å². The number of pyridine rings is 2. The number of alkyl halides is 1. The van der Waals surface area contributed by atoms with E-state index in [1.54, 1.807) is 18.3 Å². The number of carbonyl (C=O) groups is 1. The smallest absolute Gasteiger partial charge is 0.300 e. The number of halogens is 2. The second kappa shape index (κ2) is 10.9. The number of aromatic nitrogens is 4. The van der Waals surface area contributed by atoms with Crippen molar-refractivity contribution in [1.82, 2.24) is 19.9 Å². The van der Waals surface area contributed by atoms with Gasteiger partial charge >= 0.3 is 0 Å². The standard InChI is InChI=1S/C25H26FN7O4.ClH/c1-15-10-16(2-4-27-15)24-28-18(14-36-24)11-21(34)29-19-12-20-22(30-23(19)33-5-3-17(26)13-33)31-25(37-20)32-6-8-35-9-7-32;/h2,4,10,12,14,17H,3,5-9,11,13H2,1H3,(H,29,34);1H/t17-;/m0./s1. The van der Waals surface area contributed by atoms with Crippen molar-refractivity contribution < 1.29 is 22.8 Å². The van der Waals surface area contributed by atoms with Crippen molar-refractivity contribution in [2.24, 2.45) is 0 Å². The monoisotopic (exact) mass is 543 g/mol. The maximum Gasteiger partial charge on any atom is 0.300 e. The van der Waals surface area contributed by atoms with Crippen LogP contribution in [0.4, 0.5) is 21.9 Å². The Morgan fingerprint density at radius 2 is 2.00 bits per heavy atom. The van der Waals surface area contributed by atoms with Crippen LogP contribution in [0, 0.1) is 6.92 Å². The van der Waals surface area contributed by atoms with Gasteiger partial charge in [0.25, 0.3) is 6.01 Å². The van der Waals surface area contributed by atoms with Crippen molar-refractivity contribution >= 4 is 47.1 Å². The van der Waals surface area contributed by atoms with Gasteiger partial charge in [-0.25, -0.2) is 14.4 Å². The van der Waals surface area contributed by atoms with Crippen molar-refractivity contribution in [1.29, 1.82) is 0 Å². The van der Waals surface area contributed by atoms with E-state index in [2.05, 4.69) is 25.3 Å². The predicted octanol–water partition coefficient (Wildman–Crippen LogP) is 3.57. The SMILES string of the molecule is Cc1cc(-c2nc(CC(=O)Nc3cc4oc(N5CCOCC5)nc4nc3N3CC[C@H](F)C3)co2)ccn1.Cl. The van der Waals surface area contributed by atoms with E-state index in [4.69, 9.17) is 13.6 Å². The van der Waals surface area contributed by atoms with E-state index >= 15 is 0 Å². The van der Waals surface area contributed by atoms with Crippen LogP contribution in [0.1, 0.15) is 17.8 Å². The number of morpholine rings is 1. The largest absolute Gasteiger partial charge is 0.444 e. The van der Waals surface area contributed by atoms with Gasteiger partial charge in [-0.15, -0.1) is 12.4 Å². The highest BCUT2D eigenvalue weighted by atomic mass is 35.5. The molecule has 0 saturated carbocycles. The van der Waals surface area contributed by atoms with Crippen LogP contribution in [0.5, 0.6) is 0 Å². The first-order chi connectivity index (χ1) is 18.0. The number of oxazole rings is 2. The molecule has 1 atom stereocenters. The molecule has 2 aliphatic rings. The molecule has 2 saturated heterocycles. The predicted molar refractivity (Wildman–Crippen MR) is 141 cm³/mol. The third-order valence-electron chi connectivity index (χ3n) is 6.37. The third-order valence-corrected chi connectivity index (χ3v) is 6.37. The maximum absolute atomic E-state index is 14.0. The van der Waals surface area contributed by atoms with Gasteiger partial charge in [-0.2, -0.15) is 4.98 Å². The van der Waals surface area contributed by atoms with Gasteiger partial charge in [-0.05, 0) is 25.5 Å². The van der Waals surface area contributed by atoms with Crippen LogP contribution in [0.25, 0.3) is 22.7 Å². The highest BCUT2D eigenvalue weighted by molar-refractivity contribution is 5.97. The minimum Gasteiger partial charge on any atom is -0.444 e. The van der Waals surface area contributed by atoms with Crippen molar-refractivity contribution in [3.63, 3.8) is 0 Å². The molecule has 6 rings (SSSR count). The quantitative estimate of drug-likeness (QED) is 0.386. The molecule has 2 fully saturated rings. The molecule has 11 nitrogen and oxygen atoms in total. The number of fused-ring (bicyclic) bond motifs is 1. The lowest BCUT2D eigenvalue weighted by atomic mass is 10.2. The molecule has 0 bridgehead atoms. The molecule has 200 valence electrons. The fraction of sp³-hybridized carbons (Fsp3) is 0.400. The Bertz CT molecular complexity index is 1440. The van der Waals surface area contributed by atoms with Crippen LogP contribution in [-0.2, 0) is 16.0 Å². The van der Waals surface area contributed by atoms with Crippen LogP contribution in [-0.4, -0.2) is 71.4 Å². The lowest BCUT2D eigenvalue weighted by Gasteiger charge is -2.24. The Morgan fingerprint density at radius 1 is 1.16 bits per heavy atom. The lowest BCUT2D eigenvalue weighted by Crippen LogP contribution is -2.36. The molecule has 6 heterocycles. The van der Waals surface area contributed by atoms with Crippen LogP contribution in [0.3, 0.4) is 0 Å². The summed E-state index contributed by atoms with van der Waals surface area (Å²) in [5.74, 6) is 0.577. The molecule has 0 radical (unpaired) electrons. The third kappa shape index (κ3) is 5.41. The number of aryl methyl sites for hydroxylation is 1. The Kier molecular flexibility index (Phi) is 7.43. The number of hydrogen-bond acceptors (Lipinski definition) is 10. The van der Waals surface area contributed by atoms with Gasteiger partial charge < -0.3 is 28.7 Å². The number of carbonyl (C=O) groups excluding carboxylic acids is 1. The summed E-state index contributed by atoms with van der Waals surface area (Å²) in [4.78, 5) is 34.6. The Hall–Kier alpha value is -3.77. The molecule has 13 heteroatoms. The van der Waals surface area contributed by atoms with E-state index in [1.807, 2.05) is 22.8 Å². The number of nitrogens with zero attached hydrogens (tertiary/aromatic N) is 6. The van der Waals surface area contributed by atoms with Crippen molar-refractivity contribution in [2.75, 3.05) is 54.5 Å². The fourth-order valence-electron chi connectivity index (χ4n) is 4.53. The van der Waals surface area contributed by atoms with E-state index in [9.17, 15) is 9.18 Å². The Labute approximate surface area is 223 Å². The second-order valence-electron chi connectivity index (χ2n) is 9.16. The molecule has 4 aromatic heterocycles. The average molecular weight is 544 g/mol. The van der Waals surface area contributed by atoms with Gasteiger partial charge in [0.2, 0.25) is 17.4 Å². The Morgan fingerprint density at radius 3 is 2.76 bits per heavy atom. The Balaban J connectivity index is 0.00000294. The van der Waals surface area contributed by atoms with Crippen LogP contribution in [0.15, 0.2) is 39.5 Å². The second-order valence-corrected chi connectivity index (χ2v) is 9.16. The zero-order chi connectivity index (χ0) is 25.4. The highest BCUT2D eigenvalue weighted by Crippen LogP contribution is 2.33. The van der Waals surface area contributed by atoms with E-state index in [0.29, 0.717) is 79.6 Å². The van der Waals surface area contributed by atoms with Gasteiger partial charge in [0.05, 0.1) is 37.6 Å². The fourth-order valence-corrected chi connectivity index (χ4v) is 4.53. The maximum atomic E-state index is 14.0.